The van der Waals surface area contributed by atoms with Crippen molar-refractivity contribution in [3.63, 3.8) is 0 Å². The summed E-state index contributed by atoms with van der Waals surface area (Å²) < 4.78 is 12.8. The lowest BCUT2D eigenvalue weighted by Gasteiger charge is -2.30. The second kappa shape index (κ2) is 11.7. The zero-order valence-electron chi connectivity index (χ0n) is 31.3. The fourth-order valence-corrected chi connectivity index (χ4v) is 10.2. The molecular formula is C55H33NO2. The Bertz CT molecular complexity index is 3300. The van der Waals surface area contributed by atoms with E-state index < -0.39 is 0 Å². The second-order valence-electron chi connectivity index (χ2n) is 15.6. The fourth-order valence-electron chi connectivity index (χ4n) is 10.2. The van der Waals surface area contributed by atoms with Crippen LogP contribution in [0, 0.1) is 0 Å². The molecule has 0 saturated heterocycles. The summed E-state index contributed by atoms with van der Waals surface area (Å²) in [4.78, 5) is 2.30. The molecule has 2 aliphatic rings. The van der Waals surface area contributed by atoms with E-state index in [2.05, 4.69) is 181 Å². The lowest BCUT2D eigenvalue weighted by Crippen LogP contribution is -2.25. The van der Waals surface area contributed by atoms with Crippen molar-refractivity contribution in [2.24, 2.45) is 0 Å². The van der Waals surface area contributed by atoms with Crippen molar-refractivity contribution in [3.8, 4) is 33.4 Å². The van der Waals surface area contributed by atoms with Crippen molar-refractivity contribution in [2.75, 3.05) is 4.90 Å². The molecule has 0 N–H and O–H groups in total. The van der Waals surface area contributed by atoms with E-state index in [1.807, 2.05) is 24.3 Å². The summed E-state index contributed by atoms with van der Waals surface area (Å²) in [7, 11) is 0. The van der Waals surface area contributed by atoms with Crippen LogP contribution in [0.4, 0.5) is 17.1 Å². The van der Waals surface area contributed by atoms with Crippen LogP contribution in [0.15, 0.2) is 209 Å². The minimum atomic E-state index is -0.379. The zero-order chi connectivity index (χ0) is 38.0. The number of hydrogen-bond acceptors (Lipinski definition) is 3. The third-order valence-corrected chi connectivity index (χ3v) is 12.7. The van der Waals surface area contributed by atoms with Crippen molar-refractivity contribution in [2.45, 2.75) is 5.41 Å². The molecule has 11 aromatic rings. The molecule has 0 fully saturated rings. The number of para-hydroxylation sites is 2. The number of furan rings is 2. The van der Waals surface area contributed by atoms with Crippen molar-refractivity contribution < 1.29 is 8.83 Å². The monoisotopic (exact) mass is 739 g/mol. The highest BCUT2D eigenvalue weighted by Crippen LogP contribution is 2.63. The molecule has 0 saturated carbocycles. The molecule has 0 bridgehead atoms. The molecule has 2 aliphatic carbocycles. The minimum absolute atomic E-state index is 0.379. The lowest BCUT2D eigenvalue weighted by atomic mass is 9.70. The zero-order valence-corrected chi connectivity index (χ0v) is 31.3. The highest BCUT2D eigenvalue weighted by atomic mass is 16.3. The smallest absolute Gasteiger partial charge is 0.137 e. The van der Waals surface area contributed by atoms with Gasteiger partial charge in [0.25, 0.3) is 0 Å². The van der Waals surface area contributed by atoms with Crippen molar-refractivity contribution in [3.05, 3.63) is 222 Å². The number of nitrogens with zero attached hydrogens (tertiary/aromatic N) is 1. The number of benzene rings is 9. The van der Waals surface area contributed by atoms with Gasteiger partial charge in [-0.05, 0) is 110 Å². The molecule has 0 radical (unpaired) electrons. The topological polar surface area (TPSA) is 29.5 Å². The molecule has 1 spiro atoms. The van der Waals surface area contributed by atoms with Gasteiger partial charge in [0.05, 0.1) is 5.41 Å². The van der Waals surface area contributed by atoms with E-state index in [0.717, 1.165) is 66.5 Å². The SMILES string of the molecule is c1ccc2c(c1)-c1ccccc1C21c2ccccc2-c2ccc(-c3ccc(N(c4ccc5c(c4)oc4ccccc45)c4ccc5c(c4)oc4ccccc45)cc3)cc21. The Balaban J connectivity index is 0.963. The molecule has 9 aromatic carbocycles. The summed E-state index contributed by atoms with van der Waals surface area (Å²) >= 11 is 0. The summed E-state index contributed by atoms with van der Waals surface area (Å²) in [5.41, 5.74) is 19.2. The van der Waals surface area contributed by atoms with Crippen molar-refractivity contribution >= 4 is 60.9 Å². The highest BCUT2D eigenvalue weighted by molar-refractivity contribution is 6.08. The van der Waals surface area contributed by atoms with Crippen LogP contribution >= 0.6 is 0 Å². The molecule has 270 valence electrons. The maximum absolute atomic E-state index is 6.40. The summed E-state index contributed by atoms with van der Waals surface area (Å²) in [5, 5.41) is 4.44. The number of hydrogen-bond donors (Lipinski definition) is 0. The molecular weight excluding hydrogens is 707 g/mol. The maximum Gasteiger partial charge on any atom is 0.137 e. The lowest BCUT2D eigenvalue weighted by molar-refractivity contribution is 0.669. The van der Waals surface area contributed by atoms with E-state index in [9.17, 15) is 0 Å². The van der Waals surface area contributed by atoms with E-state index >= 15 is 0 Å². The van der Waals surface area contributed by atoms with E-state index in [4.69, 9.17) is 8.83 Å². The average Bonchev–Trinajstić information content (AvgIpc) is 4.01. The summed E-state index contributed by atoms with van der Waals surface area (Å²) in [6.45, 7) is 0. The Labute approximate surface area is 334 Å². The standard InChI is InChI=1S/C55H33NO2/c1-6-16-47-39(11-1)40-12-2-7-17-48(40)55(47)49-18-8-3-13-41(49)42-28-23-35(31-50(42)55)34-21-24-36(25-22-34)56(37-26-29-45-43-14-4-9-19-51(43)57-53(45)32-37)38-27-30-46-44-15-5-10-20-52(44)58-54(46)33-38/h1-33H. The summed E-state index contributed by atoms with van der Waals surface area (Å²) in [6, 6.07) is 72.5. The number of anilines is 3. The normalized spacial score (nSPS) is 13.3. The first-order valence-corrected chi connectivity index (χ1v) is 19.9. The van der Waals surface area contributed by atoms with Gasteiger partial charge in [-0.3, -0.25) is 0 Å². The van der Waals surface area contributed by atoms with E-state index in [1.165, 1.54) is 50.1 Å². The first-order valence-electron chi connectivity index (χ1n) is 19.9. The van der Waals surface area contributed by atoms with Gasteiger partial charge in [0.2, 0.25) is 0 Å². The third kappa shape index (κ3) is 4.22. The van der Waals surface area contributed by atoms with Crippen LogP contribution in [0.1, 0.15) is 22.3 Å². The largest absolute Gasteiger partial charge is 0.456 e. The maximum atomic E-state index is 6.40. The number of rotatable bonds is 4. The van der Waals surface area contributed by atoms with Crippen LogP contribution < -0.4 is 4.90 Å². The van der Waals surface area contributed by atoms with Crippen LogP contribution in [-0.4, -0.2) is 0 Å². The van der Waals surface area contributed by atoms with E-state index in [1.54, 1.807) is 0 Å². The molecule has 0 unspecified atom stereocenters. The predicted octanol–water partition coefficient (Wildman–Crippen LogP) is 15.0. The van der Waals surface area contributed by atoms with Gasteiger partial charge in [-0.25, -0.2) is 0 Å². The first kappa shape index (κ1) is 31.6. The fraction of sp³-hybridized carbons (Fsp3) is 0.0182. The van der Waals surface area contributed by atoms with Crippen LogP contribution in [-0.2, 0) is 5.41 Å². The molecule has 0 amide bonds. The highest BCUT2D eigenvalue weighted by Gasteiger charge is 2.51. The van der Waals surface area contributed by atoms with Gasteiger partial charge in [0.15, 0.2) is 0 Å². The molecule has 2 aromatic heterocycles. The molecule has 3 heteroatoms. The Morgan fingerprint density at radius 3 is 1.24 bits per heavy atom. The molecule has 0 aliphatic heterocycles. The van der Waals surface area contributed by atoms with E-state index in [-0.39, 0.29) is 5.41 Å². The molecule has 3 nitrogen and oxygen atoms in total. The molecule has 2 heterocycles. The Morgan fingerprint density at radius 2 is 0.707 bits per heavy atom. The Kier molecular flexibility index (Phi) is 6.37. The van der Waals surface area contributed by atoms with Crippen LogP contribution in [0.3, 0.4) is 0 Å². The third-order valence-electron chi connectivity index (χ3n) is 12.7. The Hall–Kier alpha value is -7.62. The Morgan fingerprint density at radius 1 is 0.293 bits per heavy atom. The molecule has 58 heavy (non-hydrogen) atoms. The minimum Gasteiger partial charge on any atom is -0.456 e. The summed E-state index contributed by atoms with van der Waals surface area (Å²) in [5.74, 6) is 0. The summed E-state index contributed by atoms with van der Waals surface area (Å²) in [6.07, 6.45) is 0. The van der Waals surface area contributed by atoms with Gasteiger partial charge in [-0.2, -0.15) is 0 Å². The van der Waals surface area contributed by atoms with Crippen LogP contribution in [0.5, 0.6) is 0 Å². The van der Waals surface area contributed by atoms with Crippen molar-refractivity contribution in [1.82, 2.24) is 0 Å². The van der Waals surface area contributed by atoms with Gasteiger partial charge >= 0.3 is 0 Å². The van der Waals surface area contributed by atoms with Gasteiger partial charge in [0.1, 0.15) is 22.3 Å². The molecule has 0 atom stereocenters. The quantitative estimate of drug-likeness (QED) is 0.180. The van der Waals surface area contributed by atoms with E-state index in [0.29, 0.717) is 0 Å². The van der Waals surface area contributed by atoms with Crippen LogP contribution in [0.2, 0.25) is 0 Å². The average molecular weight is 740 g/mol. The van der Waals surface area contributed by atoms with Gasteiger partial charge < -0.3 is 13.7 Å². The predicted molar refractivity (Wildman–Crippen MR) is 237 cm³/mol. The van der Waals surface area contributed by atoms with Gasteiger partial charge in [-0.15, -0.1) is 0 Å². The molecule has 13 rings (SSSR count). The van der Waals surface area contributed by atoms with Crippen LogP contribution in [0.25, 0.3) is 77.3 Å². The first-order chi connectivity index (χ1) is 28.7. The van der Waals surface area contributed by atoms with Gasteiger partial charge in [0, 0.05) is 50.7 Å². The van der Waals surface area contributed by atoms with Gasteiger partial charge in [-0.1, -0.05) is 133 Å². The van der Waals surface area contributed by atoms with Crippen molar-refractivity contribution in [1.29, 1.82) is 0 Å². The number of fused-ring (bicyclic) bond motifs is 16. The second-order valence-corrected chi connectivity index (χ2v) is 15.6.